The third kappa shape index (κ3) is 3.72. The maximum atomic E-state index is 12.0. The van der Waals surface area contributed by atoms with E-state index < -0.39 is 4.92 Å². The minimum absolute atomic E-state index is 0.0110. The van der Waals surface area contributed by atoms with Crippen molar-refractivity contribution in [3.05, 3.63) is 73.6 Å². The number of nitrogens with one attached hydrogen (secondary N) is 1. The van der Waals surface area contributed by atoms with Gasteiger partial charge >= 0.3 is 0 Å². The number of aliphatic imine (C=N–C) groups is 1. The van der Waals surface area contributed by atoms with Crippen LogP contribution in [0.4, 0.5) is 11.4 Å². The summed E-state index contributed by atoms with van der Waals surface area (Å²) in [5, 5.41) is 13.8. The van der Waals surface area contributed by atoms with Crippen LogP contribution >= 0.6 is 27.7 Å². The van der Waals surface area contributed by atoms with Crippen LogP contribution in [-0.4, -0.2) is 16.0 Å². The average molecular weight is 404 g/mol. The highest BCUT2D eigenvalue weighted by atomic mass is 79.9. The Balaban J connectivity index is 1.82. The van der Waals surface area contributed by atoms with Crippen molar-refractivity contribution in [1.82, 2.24) is 5.32 Å². The van der Waals surface area contributed by atoms with Crippen LogP contribution in [-0.2, 0) is 4.79 Å². The summed E-state index contributed by atoms with van der Waals surface area (Å²) in [6.45, 7) is 0. The molecule has 1 fully saturated rings. The summed E-state index contributed by atoms with van der Waals surface area (Å²) in [7, 11) is 0. The van der Waals surface area contributed by atoms with Crippen molar-refractivity contribution < 1.29 is 9.72 Å². The van der Waals surface area contributed by atoms with Crippen molar-refractivity contribution in [1.29, 1.82) is 0 Å². The van der Waals surface area contributed by atoms with Gasteiger partial charge in [0.1, 0.15) is 0 Å². The molecule has 0 radical (unpaired) electrons. The predicted molar refractivity (Wildman–Crippen MR) is 98.0 cm³/mol. The predicted octanol–water partition coefficient (Wildman–Crippen LogP) is 4.25. The number of carbonyl (C=O) groups is 1. The normalized spacial score (nSPS) is 17.3. The molecule has 1 N–H and O–H groups in total. The second-order valence-electron chi connectivity index (χ2n) is 4.78. The Labute approximate surface area is 150 Å². The summed E-state index contributed by atoms with van der Waals surface area (Å²) in [6, 6.07) is 13.5. The number of non-ortho nitro benzene ring substituents is 1. The molecular weight excluding hydrogens is 394 g/mol. The molecule has 0 atom stereocenters. The summed E-state index contributed by atoms with van der Waals surface area (Å²) in [4.78, 5) is 27.1. The Bertz CT molecular complexity index is 878. The van der Waals surface area contributed by atoms with Crippen LogP contribution in [0.5, 0.6) is 0 Å². The lowest BCUT2D eigenvalue weighted by Gasteiger charge is -1.98. The molecule has 0 aliphatic carbocycles. The highest BCUT2D eigenvalue weighted by Crippen LogP contribution is 2.31. The molecular formula is C16H10BrN3O3S. The number of thioether (sulfide) groups is 1. The van der Waals surface area contributed by atoms with Gasteiger partial charge in [-0.3, -0.25) is 14.9 Å². The van der Waals surface area contributed by atoms with Crippen LogP contribution in [0.2, 0.25) is 0 Å². The number of carbonyl (C=O) groups excluding carboxylic acids is 1. The van der Waals surface area contributed by atoms with E-state index >= 15 is 0 Å². The zero-order chi connectivity index (χ0) is 17.1. The Kier molecular flexibility index (Phi) is 4.77. The Morgan fingerprint density at radius 1 is 1.17 bits per heavy atom. The summed E-state index contributed by atoms with van der Waals surface area (Å²) in [5.41, 5.74) is 1.44. The van der Waals surface area contributed by atoms with Crippen molar-refractivity contribution in [2.24, 2.45) is 4.99 Å². The van der Waals surface area contributed by atoms with E-state index in [1.54, 1.807) is 18.2 Å². The average Bonchev–Trinajstić information content (AvgIpc) is 2.90. The van der Waals surface area contributed by atoms with Gasteiger partial charge in [0, 0.05) is 16.6 Å². The summed E-state index contributed by atoms with van der Waals surface area (Å²) in [6.07, 6.45) is 1.67. The molecule has 2 aromatic rings. The van der Waals surface area contributed by atoms with E-state index in [0.717, 1.165) is 10.2 Å². The lowest BCUT2D eigenvalue weighted by Crippen LogP contribution is -2.19. The number of para-hydroxylation sites is 1. The molecule has 0 unspecified atom stereocenters. The molecule has 1 aliphatic rings. The van der Waals surface area contributed by atoms with Gasteiger partial charge in [-0.15, -0.1) is 0 Å². The van der Waals surface area contributed by atoms with Gasteiger partial charge in [-0.25, -0.2) is 4.99 Å². The number of benzene rings is 2. The van der Waals surface area contributed by atoms with Crippen LogP contribution < -0.4 is 5.32 Å². The van der Waals surface area contributed by atoms with Crippen LogP contribution in [0.3, 0.4) is 0 Å². The maximum Gasteiger partial charge on any atom is 0.269 e. The number of amidine groups is 1. The van der Waals surface area contributed by atoms with Crippen LogP contribution in [0.15, 0.2) is 62.9 Å². The number of nitro groups is 1. The van der Waals surface area contributed by atoms with Crippen molar-refractivity contribution >= 4 is 56.2 Å². The van der Waals surface area contributed by atoms with E-state index in [4.69, 9.17) is 0 Å². The zero-order valence-corrected chi connectivity index (χ0v) is 14.5. The largest absolute Gasteiger partial charge is 0.300 e. The summed E-state index contributed by atoms with van der Waals surface area (Å²) in [5.74, 6) is -0.246. The fourth-order valence-corrected chi connectivity index (χ4v) is 3.18. The number of hydrogen-bond acceptors (Lipinski definition) is 5. The summed E-state index contributed by atoms with van der Waals surface area (Å²) >= 11 is 4.63. The quantitative estimate of drug-likeness (QED) is 0.471. The molecule has 0 saturated carbocycles. The minimum Gasteiger partial charge on any atom is -0.300 e. The molecule has 0 bridgehead atoms. The van der Waals surface area contributed by atoms with Gasteiger partial charge < -0.3 is 5.32 Å². The Morgan fingerprint density at radius 3 is 2.54 bits per heavy atom. The molecule has 2 aromatic carbocycles. The number of hydrogen-bond donors (Lipinski definition) is 1. The van der Waals surface area contributed by atoms with Crippen molar-refractivity contribution in [3.63, 3.8) is 0 Å². The first-order valence-electron chi connectivity index (χ1n) is 6.81. The maximum absolute atomic E-state index is 12.0. The monoisotopic (exact) mass is 403 g/mol. The van der Waals surface area contributed by atoms with Crippen LogP contribution in [0.25, 0.3) is 6.08 Å². The van der Waals surface area contributed by atoms with Gasteiger partial charge in [0.2, 0.25) is 0 Å². The third-order valence-corrected chi connectivity index (χ3v) is 4.71. The second kappa shape index (κ2) is 6.98. The van der Waals surface area contributed by atoms with E-state index in [-0.39, 0.29) is 11.6 Å². The molecule has 1 saturated heterocycles. The highest BCUT2D eigenvalue weighted by molar-refractivity contribution is 9.10. The lowest BCUT2D eigenvalue weighted by atomic mass is 10.2. The first-order chi connectivity index (χ1) is 11.5. The highest BCUT2D eigenvalue weighted by Gasteiger charge is 2.24. The molecule has 24 heavy (non-hydrogen) atoms. The molecule has 120 valence electrons. The van der Waals surface area contributed by atoms with Gasteiger partial charge in [0.25, 0.3) is 11.6 Å². The fourth-order valence-electron chi connectivity index (χ4n) is 1.98. The molecule has 1 heterocycles. The number of amides is 1. The van der Waals surface area contributed by atoms with Gasteiger partial charge in [-0.05, 0) is 63.6 Å². The van der Waals surface area contributed by atoms with E-state index in [1.807, 2.05) is 24.3 Å². The molecule has 1 amide bonds. The molecule has 1 aliphatic heterocycles. The topological polar surface area (TPSA) is 84.6 Å². The second-order valence-corrected chi connectivity index (χ2v) is 6.67. The Morgan fingerprint density at radius 2 is 1.88 bits per heavy atom. The number of nitrogens with zero attached hydrogens (tertiary/aromatic N) is 2. The van der Waals surface area contributed by atoms with Crippen LogP contribution in [0, 0.1) is 10.1 Å². The fraction of sp³-hybridized carbons (Fsp3) is 0. The van der Waals surface area contributed by atoms with Crippen LogP contribution in [0.1, 0.15) is 5.56 Å². The minimum atomic E-state index is -0.462. The van der Waals surface area contributed by atoms with E-state index in [0.29, 0.717) is 15.6 Å². The van der Waals surface area contributed by atoms with E-state index in [9.17, 15) is 14.9 Å². The summed E-state index contributed by atoms with van der Waals surface area (Å²) < 4.78 is 0.833. The first kappa shape index (κ1) is 16.4. The third-order valence-electron chi connectivity index (χ3n) is 3.13. The first-order valence-corrected chi connectivity index (χ1v) is 8.42. The molecule has 6 nitrogen and oxygen atoms in total. The van der Waals surface area contributed by atoms with Crippen molar-refractivity contribution in [2.75, 3.05) is 0 Å². The lowest BCUT2D eigenvalue weighted by molar-refractivity contribution is -0.384. The van der Waals surface area contributed by atoms with Gasteiger partial charge in [-0.1, -0.05) is 12.1 Å². The SMILES string of the molecule is O=C1NC(=Nc2ccccc2Br)S/C1=C/c1ccc([N+](=O)[O-])cc1. The van der Waals surface area contributed by atoms with E-state index in [2.05, 4.69) is 26.2 Å². The van der Waals surface area contributed by atoms with Gasteiger partial charge in [0.15, 0.2) is 5.17 Å². The standard InChI is InChI=1S/C16H10BrN3O3S/c17-12-3-1-2-4-13(12)18-16-19-15(21)14(24-16)9-10-5-7-11(8-6-10)20(22)23/h1-9H,(H,18,19,21)/b14-9+. The Hall–Kier alpha value is -2.45. The van der Waals surface area contributed by atoms with Crippen molar-refractivity contribution in [2.45, 2.75) is 0 Å². The molecule has 3 rings (SSSR count). The van der Waals surface area contributed by atoms with E-state index in [1.165, 1.54) is 23.9 Å². The number of rotatable bonds is 3. The molecule has 0 aromatic heterocycles. The smallest absolute Gasteiger partial charge is 0.269 e. The molecule has 8 heteroatoms. The molecule has 0 spiro atoms. The van der Waals surface area contributed by atoms with Gasteiger partial charge in [-0.2, -0.15) is 0 Å². The zero-order valence-electron chi connectivity index (χ0n) is 12.1. The van der Waals surface area contributed by atoms with Crippen molar-refractivity contribution in [3.8, 4) is 0 Å². The van der Waals surface area contributed by atoms with Gasteiger partial charge in [0.05, 0.1) is 15.5 Å². The number of nitro benzene ring substituents is 1. The number of halogens is 1.